The quantitative estimate of drug-likeness (QED) is 0.524. The zero-order valence-corrected chi connectivity index (χ0v) is 10.4. The lowest BCUT2D eigenvalue weighted by molar-refractivity contribution is -0.111. The van der Waals surface area contributed by atoms with Gasteiger partial charge in [-0.15, -0.1) is 0 Å². The molecule has 1 rings (SSSR count). The maximum atomic E-state index is 12.1. The fraction of sp³-hybridized carbons (Fsp3) is 0.188. The van der Waals surface area contributed by atoms with Gasteiger partial charge in [0.1, 0.15) is 0 Å². The van der Waals surface area contributed by atoms with Crippen molar-refractivity contribution in [3.8, 4) is 0 Å². The number of ketones is 1. The predicted octanol–water partition coefficient (Wildman–Crippen LogP) is 3.93. The van der Waals surface area contributed by atoms with Gasteiger partial charge in [0.25, 0.3) is 0 Å². The molecule has 1 heteroatoms. The number of carbonyl (C=O) groups is 1. The van der Waals surface area contributed by atoms with Crippen molar-refractivity contribution in [2.45, 2.75) is 13.8 Å². The number of rotatable bonds is 4. The molecule has 0 aromatic carbocycles. The van der Waals surface area contributed by atoms with E-state index < -0.39 is 0 Å². The van der Waals surface area contributed by atoms with Crippen LogP contribution in [0.15, 0.2) is 72.4 Å². The number of carbonyl (C=O) groups excluding carboxylic acids is 1. The molecule has 0 saturated carbocycles. The first-order valence-electron chi connectivity index (χ1n) is 5.72. The molecule has 0 amide bonds. The van der Waals surface area contributed by atoms with Gasteiger partial charge in [-0.25, -0.2) is 0 Å². The van der Waals surface area contributed by atoms with Crippen molar-refractivity contribution in [3.63, 3.8) is 0 Å². The highest BCUT2D eigenvalue weighted by molar-refractivity contribution is 6.10. The molecular formula is C16H18O. The van der Waals surface area contributed by atoms with E-state index in [4.69, 9.17) is 0 Å². The summed E-state index contributed by atoms with van der Waals surface area (Å²) in [5, 5.41) is 0. The van der Waals surface area contributed by atoms with Crippen LogP contribution >= 0.6 is 0 Å². The second-order valence-corrected chi connectivity index (χ2v) is 4.02. The summed E-state index contributed by atoms with van der Waals surface area (Å²) >= 11 is 0. The Labute approximate surface area is 103 Å². The lowest BCUT2D eigenvalue weighted by Gasteiger charge is -2.00. The van der Waals surface area contributed by atoms with Gasteiger partial charge in [0, 0.05) is 5.57 Å². The summed E-state index contributed by atoms with van der Waals surface area (Å²) in [6.45, 7) is 7.49. The van der Waals surface area contributed by atoms with Gasteiger partial charge in [0.05, 0.1) is 0 Å². The molecule has 0 spiro atoms. The molecule has 88 valence electrons. The Morgan fingerprint density at radius 2 is 2.12 bits per heavy atom. The third kappa shape index (κ3) is 4.23. The smallest absolute Gasteiger partial charge is 0.188 e. The summed E-state index contributed by atoms with van der Waals surface area (Å²) in [4.78, 5) is 12.1. The second kappa shape index (κ2) is 6.64. The van der Waals surface area contributed by atoms with Crippen LogP contribution in [0.1, 0.15) is 13.8 Å². The first-order chi connectivity index (χ1) is 8.15. The van der Waals surface area contributed by atoms with Gasteiger partial charge in [0.2, 0.25) is 0 Å². The monoisotopic (exact) mass is 226 g/mol. The molecular weight excluding hydrogens is 208 g/mol. The van der Waals surface area contributed by atoms with Crippen LogP contribution in [-0.4, -0.2) is 5.78 Å². The van der Waals surface area contributed by atoms with Gasteiger partial charge >= 0.3 is 0 Å². The molecule has 1 nitrogen and oxygen atoms in total. The molecule has 0 heterocycles. The molecule has 1 aliphatic carbocycles. The summed E-state index contributed by atoms with van der Waals surface area (Å²) in [7, 11) is 0. The molecule has 0 radical (unpaired) electrons. The van der Waals surface area contributed by atoms with Gasteiger partial charge in [0.15, 0.2) is 5.78 Å². The summed E-state index contributed by atoms with van der Waals surface area (Å²) in [6.07, 6.45) is 16.9. The average Bonchev–Trinajstić information content (AvgIpc) is 2.53. The van der Waals surface area contributed by atoms with E-state index in [0.717, 1.165) is 11.1 Å². The van der Waals surface area contributed by atoms with E-state index in [9.17, 15) is 4.79 Å². The maximum absolute atomic E-state index is 12.1. The van der Waals surface area contributed by atoms with Gasteiger partial charge in [-0.2, -0.15) is 0 Å². The van der Waals surface area contributed by atoms with E-state index in [2.05, 4.69) is 19.6 Å². The summed E-state index contributed by atoms with van der Waals surface area (Å²) in [6, 6.07) is 0. The standard InChI is InChI=1S/C16H18O/c1-4-5-6-9-14(3)16(17)15-10-7-8-13(2)11-12-15/h4-13H,1H2,2-3H3/b6-5-,14-9+. The average molecular weight is 226 g/mol. The topological polar surface area (TPSA) is 17.1 Å². The molecule has 0 aromatic rings. The Hall–Kier alpha value is -1.89. The van der Waals surface area contributed by atoms with Gasteiger partial charge in [-0.05, 0) is 18.4 Å². The second-order valence-electron chi connectivity index (χ2n) is 4.02. The molecule has 1 atom stereocenters. The van der Waals surface area contributed by atoms with E-state index in [1.807, 2.05) is 37.3 Å². The van der Waals surface area contributed by atoms with Crippen LogP contribution in [0, 0.1) is 5.92 Å². The highest BCUT2D eigenvalue weighted by Crippen LogP contribution is 2.13. The zero-order chi connectivity index (χ0) is 12.7. The van der Waals surface area contributed by atoms with Crippen molar-refractivity contribution in [1.82, 2.24) is 0 Å². The first-order valence-corrected chi connectivity index (χ1v) is 5.72. The Morgan fingerprint density at radius 3 is 2.82 bits per heavy atom. The maximum Gasteiger partial charge on any atom is 0.188 e. The fourth-order valence-electron chi connectivity index (χ4n) is 1.44. The number of hydrogen-bond donors (Lipinski definition) is 0. The van der Waals surface area contributed by atoms with E-state index in [-0.39, 0.29) is 5.78 Å². The number of allylic oxidation sites excluding steroid dienone is 11. The van der Waals surface area contributed by atoms with Gasteiger partial charge in [-0.1, -0.05) is 68.2 Å². The van der Waals surface area contributed by atoms with Crippen LogP contribution in [0.3, 0.4) is 0 Å². The van der Waals surface area contributed by atoms with Crippen molar-refractivity contribution in [3.05, 3.63) is 72.4 Å². The summed E-state index contributed by atoms with van der Waals surface area (Å²) in [5.74, 6) is 0.440. The van der Waals surface area contributed by atoms with Crippen LogP contribution in [0.5, 0.6) is 0 Å². The third-order valence-corrected chi connectivity index (χ3v) is 2.48. The molecule has 1 unspecified atom stereocenters. The molecule has 0 saturated heterocycles. The minimum absolute atomic E-state index is 0.0636. The molecule has 0 N–H and O–H groups in total. The minimum Gasteiger partial charge on any atom is -0.289 e. The van der Waals surface area contributed by atoms with Gasteiger partial charge in [-0.3, -0.25) is 4.79 Å². The van der Waals surface area contributed by atoms with E-state index >= 15 is 0 Å². The fourth-order valence-corrected chi connectivity index (χ4v) is 1.44. The normalized spacial score (nSPS) is 20.2. The molecule has 1 aliphatic rings. The van der Waals surface area contributed by atoms with Crippen molar-refractivity contribution in [2.24, 2.45) is 5.92 Å². The first kappa shape index (κ1) is 13.2. The van der Waals surface area contributed by atoms with Crippen LogP contribution in [0.4, 0.5) is 0 Å². The molecule has 0 aliphatic heterocycles. The Kier molecular flexibility index (Phi) is 5.15. The van der Waals surface area contributed by atoms with Crippen LogP contribution in [0.2, 0.25) is 0 Å². The van der Waals surface area contributed by atoms with E-state index in [1.165, 1.54) is 0 Å². The lowest BCUT2D eigenvalue weighted by atomic mass is 10.0. The number of hydrogen-bond acceptors (Lipinski definition) is 1. The van der Waals surface area contributed by atoms with E-state index in [0.29, 0.717) is 5.92 Å². The van der Waals surface area contributed by atoms with Crippen LogP contribution in [-0.2, 0) is 4.79 Å². The van der Waals surface area contributed by atoms with Gasteiger partial charge < -0.3 is 0 Å². The molecule has 17 heavy (non-hydrogen) atoms. The number of Topliss-reactive ketones (excluding diaryl/α,β-unsaturated/α-hetero) is 1. The molecule has 0 fully saturated rings. The molecule has 0 bridgehead atoms. The minimum atomic E-state index is 0.0636. The van der Waals surface area contributed by atoms with E-state index in [1.54, 1.807) is 18.2 Å². The van der Waals surface area contributed by atoms with Crippen molar-refractivity contribution < 1.29 is 4.79 Å². The Bertz CT molecular complexity index is 442. The predicted molar refractivity (Wildman–Crippen MR) is 73.6 cm³/mol. The summed E-state index contributed by atoms with van der Waals surface area (Å²) < 4.78 is 0. The Morgan fingerprint density at radius 1 is 1.35 bits per heavy atom. The lowest BCUT2D eigenvalue weighted by Crippen LogP contribution is -2.01. The largest absolute Gasteiger partial charge is 0.289 e. The zero-order valence-electron chi connectivity index (χ0n) is 10.4. The SMILES string of the molecule is C=C/C=C\C=C(/C)C(=O)C1=CC=CC(C)C=C1. The third-order valence-electron chi connectivity index (χ3n) is 2.48. The summed E-state index contributed by atoms with van der Waals surface area (Å²) in [5.41, 5.74) is 1.45. The van der Waals surface area contributed by atoms with Crippen molar-refractivity contribution >= 4 is 5.78 Å². The van der Waals surface area contributed by atoms with Crippen molar-refractivity contribution in [2.75, 3.05) is 0 Å². The van der Waals surface area contributed by atoms with Crippen LogP contribution < -0.4 is 0 Å². The highest BCUT2D eigenvalue weighted by Gasteiger charge is 2.09. The Balaban J connectivity index is 2.83. The molecule has 0 aromatic heterocycles. The van der Waals surface area contributed by atoms with Crippen molar-refractivity contribution in [1.29, 1.82) is 0 Å². The highest BCUT2D eigenvalue weighted by atomic mass is 16.1. The van der Waals surface area contributed by atoms with Crippen LogP contribution in [0.25, 0.3) is 0 Å².